The topological polar surface area (TPSA) is 46.2 Å². The molecule has 3 aromatic carbocycles. The van der Waals surface area contributed by atoms with Gasteiger partial charge in [-0.25, -0.2) is 0 Å². The van der Waals surface area contributed by atoms with Gasteiger partial charge in [0.25, 0.3) is 0 Å². The van der Waals surface area contributed by atoms with E-state index in [9.17, 15) is 4.79 Å². The maximum Gasteiger partial charge on any atom is 0.224 e. The van der Waals surface area contributed by atoms with E-state index in [-0.39, 0.29) is 11.8 Å². The molecule has 148 valence electrons. The van der Waals surface area contributed by atoms with E-state index in [1.54, 1.807) is 0 Å². The van der Waals surface area contributed by atoms with Crippen molar-refractivity contribution in [2.45, 2.75) is 24.9 Å². The van der Waals surface area contributed by atoms with E-state index in [1.165, 1.54) is 0 Å². The molecule has 2 atom stereocenters. The number of carbonyl (C=O) groups is 1. The van der Waals surface area contributed by atoms with E-state index in [1.807, 2.05) is 91.0 Å². The first-order valence-electron chi connectivity index (χ1n) is 10.2. The number of rotatable bonds is 5. The molecule has 2 unspecified atom stereocenters. The quantitative estimate of drug-likeness (QED) is 0.630. The first-order valence-corrected chi connectivity index (χ1v) is 12.0. The SMILES string of the molecule is O=C1NCCCCC1C(c1ccccc1)P(=O)(c1ccccc1)c1ccccc1. The van der Waals surface area contributed by atoms with Crippen LogP contribution in [0.3, 0.4) is 0 Å². The standard InChI is InChI=1S/C25H26NO2P/c27-25-23(18-10-11-19-26-25)24(20-12-4-1-5-13-20)29(28,21-14-6-2-7-15-21)22-16-8-3-9-17-22/h1-9,12-17,23-24H,10-11,18-19H2,(H,26,27). The van der Waals surface area contributed by atoms with Gasteiger partial charge in [0.2, 0.25) is 5.91 Å². The maximum atomic E-state index is 15.1. The molecule has 0 spiro atoms. The van der Waals surface area contributed by atoms with Crippen LogP contribution in [0.1, 0.15) is 30.5 Å². The Hall–Kier alpha value is -2.64. The molecule has 1 fully saturated rings. The summed E-state index contributed by atoms with van der Waals surface area (Å²) in [5.74, 6) is -0.311. The molecule has 0 saturated carbocycles. The number of benzene rings is 3. The van der Waals surface area contributed by atoms with Crippen LogP contribution < -0.4 is 15.9 Å². The van der Waals surface area contributed by atoms with Crippen LogP contribution in [-0.4, -0.2) is 12.5 Å². The van der Waals surface area contributed by atoms with Gasteiger partial charge in [0.15, 0.2) is 7.14 Å². The van der Waals surface area contributed by atoms with Gasteiger partial charge in [0.05, 0.1) is 11.6 Å². The minimum Gasteiger partial charge on any atom is -0.356 e. The van der Waals surface area contributed by atoms with Crippen molar-refractivity contribution in [2.24, 2.45) is 5.92 Å². The molecule has 0 radical (unpaired) electrons. The Bertz CT molecular complexity index is 946. The smallest absolute Gasteiger partial charge is 0.224 e. The normalized spacial score (nSPS) is 18.5. The van der Waals surface area contributed by atoms with Crippen LogP contribution in [0.25, 0.3) is 0 Å². The van der Waals surface area contributed by atoms with E-state index >= 15 is 4.57 Å². The van der Waals surface area contributed by atoms with Gasteiger partial charge in [0.1, 0.15) is 0 Å². The molecule has 1 saturated heterocycles. The highest BCUT2D eigenvalue weighted by Crippen LogP contribution is 2.61. The summed E-state index contributed by atoms with van der Waals surface area (Å²) in [5, 5.41) is 4.67. The van der Waals surface area contributed by atoms with Crippen molar-refractivity contribution in [3.8, 4) is 0 Å². The summed E-state index contributed by atoms with van der Waals surface area (Å²) in [7, 11) is -3.14. The van der Waals surface area contributed by atoms with Gasteiger partial charge in [-0.15, -0.1) is 0 Å². The highest BCUT2D eigenvalue weighted by molar-refractivity contribution is 7.79. The van der Waals surface area contributed by atoms with E-state index < -0.39 is 12.8 Å². The fourth-order valence-corrected chi connectivity index (χ4v) is 7.93. The van der Waals surface area contributed by atoms with Crippen LogP contribution in [-0.2, 0) is 9.36 Å². The Balaban J connectivity index is 1.96. The fraction of sp³-hybridized carbons (Fsp3) is 0.240. The van der Waals surface area contributed by atoms with Crippen molar-refractivity contribution in [2.75, 3.05) is 6.54 Å². The summed E-state index contributed by atoms with van der Waals surface area (Å²) in [6.45, 7) is 0.692. The molecule has 3 aromatic rings. The molecule has 1 amide bonds. The molecule has 0 aliphatic carbocycles. The zero-order chi connectivity index (χ0) is 20.1. The molecule has 29 heavy (non-hydrogen) atoms. The third kappa shape index (κ3) is 3.93. The molecule has 1 heterocycles. The number of hydrogen-bond donors (Lipinski definition) is 1. The first-order chi connectivity index (χ1) is 14.2. The third-order valence-corrected chi connectivity index (χ3v) is 9.34. The van der Waals surface area contributed by atoms with Crippen molar-refractivity contribution in [1.29, 1.82) is 0 Å². The lowest BCUT2D eigenvalue weighted by molar-refractivity contribution is -0.124. The van der Waals surface area contributed by atoms with Crippen LogP contribution in [0, 0.1) is 5.92 Å². The number of hydrogen-bond acceptors (Lipinski definition) is 2. The molecule has 4 heteroatoms. The van der Waals surface area contributed by atoms with Crippen molar-refractivity contribution in [1.82, 2.24) is 5.32 Å². The molecule has 3 nitrogen and oxygen atoms in total. The highest BCUT2D eigenvalue weighted by Gasteiger charge is 2.45. The lowest BCUT2D eigenvalue weighted by Gasteiger charge is -2.34. The predicted molar refractivity (Wildman–Crippen MR) is 119 cm³/mol. The number of amides is 1. The molecule has 0 bridgehead atoms. The van der Waals surface area contributed by atoms with Gasteiger partial charge in [-0.3, -0.25) is 4.79 Å². The second-order valence-electron chi connectivity index (χ2n) is 7.58. The summed E-state index contributed by atoms with van der Waals surface area (Å²) in [6.07, 6.45) is 2.66. The van der Waals surface area contributed by atoms with Gasteiger partial charge in [0, 0.05) is 17.2 Å². The summed E-state index contributed by atoms with van der Waals surface area (Å²) >= 11 is 0. The average Bonchev–Trinajstić information content (AvgIpc) is 3.00. The van der Waals surface area contributed by atoms with Gasteiger partial charge < -0.3 is 9.88 Å². The van der Waals surface area contributed by atoms with Crippen LogP contribution in [0.15, 0.2) is 91.0 Å². The van der Waals surface area contributed by atoms with Crippen LogP contribution >= 0.6 is 7.14 Å². The molecule has 1 aliphatic heterocycles. The van der Waals surface area contributed by atoms with Crippen molar-refractivity contribution >= 4 is 23.7 Å². The van der Waals surface area contributed by atoms with E-state index in [4.69, 9.17) is 0 Å². The fourth-order valence-electron chi connectivity index (χ4n) is 4.38. The summed E-state index contributed by atoms with van der Waals surface area (Å²) in [5.41, 5.74) is 0.567. The van der Waals surface area contributed by atoms with Crippen molar-refractivity contribution in [3.05, 3.63) is 96.6 Å². The molecule has 1 aliphatic rings. The molecular weight excluding hydrogens is 377 g/mol. The van der Waals surface area contributed by atoms with E-state index in [0.29, 0.717) is 6.54 Å². The summed E-state index contributed by atoms with van der Waals surface area (Å²) < 4.78 is 15.1. The Morgan fingerprint density at radius 1 is 0.759 bits per heavy atom. The van der Waals surface area contributed by atoms with Crippen LogP contribution in [0.5, 0.6) is 0 Å². The molecule has 4 rings (SSSR count). The second-order valence-corrected chi connectivity index (χ2v) is 10.5. The zero-order valence-corrected chi connectivity index (χ0v) is 17.3. The van der Waals surface area contributed by atoms with Crippen molar-refractivity contribution in [3.63, 3.8) is 0 Å². The van der Waals surface area contributed by atoms with Gasteiger partial charge in [-0.1, -0.05) is 97.4 Å². The highest BCUT2D eigenvalue weighted by atomic mass is 31.2. The minimum atomic E-state index is -3.14. The molecular formula is C25H26NO2P. The first kappa shape index (κ1) is 19.7. The molecule has 0 aromatic heterocycles. The van der Waals surface area contributed by atoms with Crippen LogP contribution in [0.2, 0.25) is 0 Å². The Morgan fingerprint density at radius 2 is 1.28 bits per heavy atom. The Labute approximate surface area is 172 Å². The lowest BCUT2D eigenvalue weighted by Crippen LogP contribution is -2.35. The zero-order valence-electron chi connectivity index (χ0n) is 16.4. The number of carbonyl (C=O) groups excluding carboxylic acids is 1. The van der Waals surface area contributed by atoms with E-state index in [0.717, 1.165) is 35.4 Å². The predicted octanol–water partition coefficient (Wildman–Crippen LogP) is 4.66. The Morgan fingerprint density at radius 3 is 1.83 bits per heavy atom. The maximum absolute atomic E-state index is 15.1. The van der Waals surface area contributed by atoms with Gasteiger partial charge in [-0.2, -0.15) is 0 Å². The second kappa shape index (κ2) is 8.80. The summed E-state index contributed by atoms with van der Waals surface area (Å²) in [4.78, 5) is 13.1. The van der Waals surface area contributed by atoms with Gasteiger partial charge >= 0.3 is 0 Å². The monoisotopic (exact) mass is 403 g/mol. The van der Waals surface area contributed by atoms with E-state index in [2.05, 4.69) is 5.32 Å². The minimum absolute atomic E-state index is 0.0171. The molecule has 1 N–H and O–H groups in total. The van der Waals surface area contributed by atoms with Crippen molar-refractivity contribution < 1.29 is 9.36 Å². The summed E-state index contributed by atoms with van der Waals surface area (Å²) in [6, 6.07) is 29.3. The van der Waals surface area contributed by atoms with Gasteiger partial charge in [-0.05, 0) is 18.4 Å². The lowest BCUT2D eigenvalue weighted by atomic mass is 9.93. The average molecular weight is 403 g/mol. The largest absolute Gasteiger partial charge is 0.356 e. The third-order valence-electron chi connectivity index (χ3n) is 5.77. The number of nitrogens with one attached hydrogen (secondary N) is 1. The van der Waals surface area contributed by atoms with Crippen LogP contribution in [0.4, 0.5) is 0 Å². The Kier molecular flexibility index (Phi) is 5.97.